The number of imidazole rings is 1. The Morgan fingerprint density at radius 3 is 2.55 bits per heavy atom. The molecule has 2 heterocycles. The van der Waals surface area contributed by atoms with E-state index >= 15 is 0 Å². The third-order valence-corrected chi connectivity index (χ3v) is 6.31. The molecule has 1 atom stereocenters. The molecule has 0 saturated carbocycles. The van der Waals surface area contributed by atoms with E-state index in [-0.39, 0.29) is 11.9 Å². The molecular formula is C28H27N3O2. The lowest BCUT2D eigenvalue weighted by atomic mass is 9.85. The number of aryl methyl sites for hydroxylation is 1. The van der Waals surface area contributed by atoms with Crippen molar-refractivity contribution in [2.75, 3.05) is 0 Å². The van der Waals surface area contributed by atoms with Gasteiger partial charge in [-0.1, -0.05) is 30.3 Å². The summed E-state index contributed by atoms with van der Waals surface area (Å²) in [5.41, 5.74) is 5.52. The van der Waals surface area contributed by atoms with Gasteiger partial charge in [0.05, 0.1) is 12.9 Å². The maximum absolute atomic E-state index is 12.6. The Hall–Kier alpha value is -3.73. The zero-order valence-electron chi connectivity index (χ0n) is 18.6. The molecule has 5 heteroatoms. The fourth-order valence-electron chi connectivity index (χ4n) is 4.60. The maximum Gasteiger partial charge on any atom is 0.163 e. The predicted molar refractivity (Wildman–Crippen MR) is 127 cm³/mol. The van der Waals surface area contributed by atoms with Crippen molar-refractivity contribution >= 4 is 5.78 Å². The van der Waals surface area contributed by atoms with Gasteiger partial charge in [-0.3, -0.25) is 9.78 Å². The molecule has 166 valence electrons. The minimum absolute atomic E-state index is 0.169. The van der Waals surface area contributed by atoms with E-state index in [0.717, 1.165) is 53.7 Å². The fraction of sp³-hybridized carbons (Fsp3) is 0.250. The highest BCUT2D eigenvalue weighted by Crippen LogP contribution is 2.35. The lowest BCUT2D eigenvalue weighted by Crippen LogP contribution is -2.18. The van der Waals surface area contributed by atoms with E-state index in [2.05, 4.69) is 22.1 Å². The van der Waals surface area contributed by atoms with Crippen molar-refractivity contribution in [2.45, 2.75) is 44.8 Å². The Bertz CT molecular complexity index is 1200. The number of fused-ring (bicyclic) bond motifs is 1. The molecule has 0 fully saturated rings. The molecule has 5 nitrogen and oxygen atoms in total. The molecule has 5 rings (SSSR count). The number of Topliss-reactive ketones (excluding diaryl/α,β-unsaturated/α-hetero) is 1. The molecule has 1 unspecified atom stereocenters. The van der Waals surface area contributed by atoms with Crippen molar-refractivity contribution < 1.29 is 9.53 Å². The highest BCUT2D eigenvalue weighted by atomic mass is 16.5. The smallest absolute Gasteiger partial charge is 0.163 e. The van der Waals surface area contributed by atoms with Crippen molar-refractivity contribution in [1.29, 1.82) is 0 Å². The second kappa shape index (κ2) is 9.82. The number of rotatable bonds is 8. The number of hydrogen-bond donors (Lipinski definition) is 0. The molecule has 2 aromatic heterocycles. The molecule has 1 aliphatic carbocycles. The van der Waals surface area contributed by atoms with Crippen molar-refractivity contribution in [3.05, 3.63) is 114 Å². The summed E-state index contributed by atoms with van der Waals surface area (Å²) in [5.74, 6) is 1.11. The second-order valence-corrected chi connectivity index (χ2v) is 8.48. The van der Waals surface area contributed by atoms with E-state index in [0.29, 0.717) is 13.0 Å². The summed E-state index contributed by atoms with van der Waals surface area (Å²) in [6.07, 6.45) is 13.2. The molecule has 0 spiro atoms. The monoisotopic (exact) mass is 437 g/mol. The molecule has 0 bridgehead atoms. The van der Waals surface area contributed by atoms with Crippen LogP contribution in [0.15, 0.2) is 85.7 Å². The van der Waals surface area contributed by atoms with Crippen LogP contribution in [-0.2, 0) is 25.8 Å². The zero-order valence-corrected chi connectivity index (χ0v) is 18.6. The number of benzene rings is 2. The van der Waals surface area contributed by atoms with E-state index < -0.39 is 0 Å². The number of carbonyl (C=O) groups excluding carboxylic acids is 1. The van der Waals surface area contributed by atoms with Gasteiger partial charge in [-0.2, -0.15) is 0 Å². The third kappa shape index (κ3) is 4.87. The van der Waals surface area contributed by atoms with Crippen LogP contribution >= 0.6 is 0 Å². The topological polar surface area (TPSA) is 57.0 Å². The zero-order chi connectivity index (χ0) is 22.5. The van der Waals surface area contributed by atoms with E-state index in [9.17, 15) is 4.79 Å². The van der Waals surface area contributed by atoms with Gasteiger partial charge < -0.3 is 9.30 Å². The average molecular weight is 438 g/mol. The summed E-state index contributed by atoms with van der Waals surface area (Å²) in [6.45, 7) is 0.657. The summed E-state index contributed by atoms with van der Waals surface area (Å²) in [4.78, 5) is 20.9. The summed E-state index contributed by atoms with van der Waals surface area (Å²) in [6, 6.07) is 18.3. The number of nitrogens with zero attached hydrogens (tertiary/aromatic N) is 3. The largest absolute Gasteiger partial charge is 0.484 e. The molecule has 2 aromatic carbocycles. The quantitative estimate of drug-likeness (QED) is 0.370. The SMILES string of the molecule is O=C1CCCc2c1ccc(OC(Cn1ccnc1)c1ccccc1)c2CCc1ccncc1. The second-order valence-electron chi connectivity index (χ2n) is 8.48. The minimum atomic E-state index is -0.169. The molecule has 0 aliphatic heterocycles. The van der Waals surface area contributed by atoms with Crippen molar-refractivity contribution in [3.8, 4) is 5.75 Å². The van der Waals surface area contributed by atoms with Crippen LogP contribution < -0.4 is 4.74 Å². The number of carbonyl (C=O) groups is 1. The Kier molecular flexibility index (Phi) is 6.29. The van der Waals surface area contributed by atoms with Crippen LogP contribution in [0.3, 0.4) is 0 Å². The Morgan fingerprint density at radius 1 is 0.909 bits per heavy atom. The van der Waals surface area contributed by atoms with Gasteiger partial charge in [0.25, 0.3) is 0 Å². The first kappa shape index (κ1) is 21.1. The van der Waals surface area contributed by atoms with Crippen LogP contribution in [-0.4, -0.2) is 20.3 Å². The minimum Gasteiger partial charge on any atom is -0.484 e. The van der Waals surface area contributed by atoms with E-state index in [1.807, 2.05) is 71.9 Å². The van der Waals surface area contributed by atoms with Crippen LogP contribution in [0.1, 0.15) is 51.6 Å². The van der Waals surface area contributed by atoms with E-state index in [1.54, 1.807) is 6.20 Å². The van der Waals surface area contributed by atoms with Gasteiger partial charge in [0.15, 0.2) is 5.78 Å². The third-order valence-electron chi connectivity index (χ3n) is 6.31. The molecule has 0 N–H and O–H groups in total. The number of pyridine rings is 1. The predicted octanol–water partition coefficient (Wildman–Crippen LogP) is 5.40. The molecular weight excluding hydrogens is 410 g/mol. The van der Waals surface area contributed by atoms with Gasteiger partial charge in [0.2, 0.25) is 0 Å². The normalized spacial score (nSPS) is 14.0. The molecule has 4 aromatic rings. The average Bonchev–Trinajstić information content (AvgIpc) is 3.37. The number of hydrogen-bond acceptors (Lipinski definition) is 4. The molecule has 0 radical (unpaired) electrons. The summed E-state index contributed by atoms with van der Waals surface area (Å²) in [7, 11) is 0. The highest BCUT2D eigenvalue weighted by Gasteiger charge is 2.24. The van der Waals surface area contributed by atoms with Gasteiger partial charge in [-0.15, -0.1) is 0 Å². The lowest BCUT2D eigenvalue weighted by molar-refractivity contribution is 0.0972. The van der Waals surface area contributed by atoms with Crippen LogP contribution in [0.25, 0.3) is 0 Å². The van der Waals surface area contributed by atoms with Crippen LogP contribution in [0.5, 0.6) is 5.75 Å². The van der Waals surface area contributed by atoms with Crippen LogP contribution in [0.4, 0.5) is 0 Å². The Labute approximate surface area is 194 Å². The lowest BCUT2D eigenvalue weighted by Gasteiger charge is -2.26. The molecule has 0 saturated heterocycles. The van der Waals surface area contributed by atoms with Crippen molar-refractivity contribution in [2.24, 2.45) is 0 Å². The molecule has 33 heavy (non-hydrogen) atoms. The first-order chi connectivity index (χ1) is 16.3. The molecule has 1 aliphatic rings. The Balaban J connectivity index is 1.50. The maximum atomic E-state index is 12.6. The molecule has 0 amide bonds. The first-order valence-electron chi connectivity index (χ1n) is 11.5. The van der Waals surface area contributed by atoms with Gasteiger partial charge in [0, 0.05) is 36.8 Å². The summed E-state index contributed by atoms with van der Waals surface area (Å²) >= 11 is 0. The highest BCUT2D eigenvalue weighted by molar-refractivity contribution is 5.99. The van der Waals surface area contributed by atoms with E-state index in [1.165, 1.54) is 5.56 Å². The Morgan fingerprint density at radius 2 is 1.76 bits per heavy atom. The van der Waals surface area contributed by atoms with Crippen LogP contribution in [0, 0.1) is 0 Å². The van der Waals surface area contributed by atoms with Crippen LogP contribution in [0.2, 0.25) is 0 Å². The first-order valence-corrected chi connectivity index (χ1v) is 11.5. The van der Waals surface area contributed by atoms with Gasteiger partial charge in [-0.25, -0.2) is 4.98 Å². The fourth-order valence-corrected chi connectivity index (χ4v) is 4.60. The summed E-state index contributed by atoms with van der Waals surface area (Å²) in [5, 5.41) is 0. The number of ether oxygens (including phenoxy) is 1. The van der Waals surface area contributed by atoms with Gasteiger partial charge >= 0.3 is 0 Å². The van der Waals surface area contributed by atoms with Gasteiger partial charge in [0.1, 0.15) is 11.9 Å². The van der Waals surface area contributed by atoms with Gasteiger partial charge in [-0.05, 0) is 72.2 Å². The number of aromatic nitrogens is 3. The van der Waals surface area contributed by atoms with Crippen molar-refractivity contribution in [3.63, 3.8) is 0 Å². The van der Waals surface area contributed by atoms with E-state index in [4.69, 9.17) is 4.74 Å². The number of ketones is 1. The standard InChI is InChI=1S/C28H27N3O2/c32-26-8-4-7-23-24(26)11-12-27(25(23)10-9-21-13-15-29-16-14-21)33-28(19-31-18-17-30-20-31)22-5-2-1-3-6-22/h1-3,5-6,11-18,20,28H,4,7-10,19H2. The van der Waals surface area contributed by atoms with Crippen molar-refractivity contribution in [1.82, 2.24) is 14.5 Å². The summed E-state index contributed by atoms with van der Waals surface area (Å²) < 4.78 is 8.76.